The van der Waals surface area contributed by atoms with Crippen molar-refractivity contribution in [2.75, 3.05) is 16.8 Å². The van der Waals surface area contributed by atoms with Crippen LogP contribution in [-0.2, 0) is 20.7 Å². The van der Waals surface area contributed by atoms with E-state index in [1.807, 2.05) is 12.1 Å². The van der Waals surface area contributed by atoms with E-state index in [4.69, 9.17) is 27.9 Å². The minimum atomic E-state index is -0.679. The Labute approximate surface area is 234 Å². The number of nitriles is 1. The summed E-state index contributed by atoms with van der Waals surface area (Å²) < 4.78 is 5.02. The summed E-state index contributed by atoms with van der Waals surface area (Å²) >= 11 is 13.2. The Bertz CT molecular complexity index is 1450. The maximum absolute atomic E-state index is 13.6. The summed E-state index contributed by atoms with van der Waals surface area (Å²) in [6, 6.07) is 22.2. The van der Waals surface area contributed by atoms with Crippen LogP contribution in [0.3, 0.4) is 0 Å². The van der Waals surface area contributed by atoms with Crippen molar-refractivity contribution in [3.63, 3.8) is 0 Å². The molecule has 1 aliphatic heterocycles. The van der Waals surface area contributed by atoms with Crippen molar-refractivity contribution in [2.24, 2.45) is 0 Å². The number of hydrogen-bond donors (Lipinski definition) is 1. The largest absolute Gasteiger partial charge is 0.462 e. The third-order valence-corrected chi connectivity index (χ3v) is 7.59. The summed E-state index contributed by atoms with van der Waals surface area (Å²) in [5, 5.41) is 12.8. The molecule has 0 radical (unpaired) electrons. The second-order valence-electron chi connectivity index (χ2n) is 8.11. The number of nitrogens with one attached hydrogen (secondary N) is 1. The minimum absolute atomic E-state index is 0.210. The van der Waals surface area contributed by atoms with Gasteiger partial charge in [-0.25, -0.2) is 4.79 Å². The third kappa shape index (κ3) is 6.03. The van der Waals surface area contributed by atoms with Crippen molar-refractivity contribution in [1.82, 2.24) is 0 Å². The number of benzene rings is 3. The summed E-state index contributed by atoms with van der Waals surface area (Å²) in [6.45, 7) is 2.01. The van der Waals surface area contributed by atoms with Crippen molar-refractivity contribution >= 4 is 64.1 Å². The van der Waals surface area contributed by atoms with Crippen molar-refractivity contribution < 1.29 is 19.1 Å². The molecule has 3 aromatic carbocycles. The highest BCUT2D eigenvalue weighted by atomic mass is 35.5. The zero-order valence-corrected chi connectivity index (χ0v) is 22.4. The van der Waals surface area contributed by atoms with Crippen LogP contribution < -0.4 is 10.2 Å². The number of hydrogen-bond acceptors (Lipinski definition) is 6. The highest BCUT2D eigenvalue weighted by molar-refractivity contribution is 8.05. The maximum atomic E-state index is 13.6. The Morgan fingerprint density at radius 2 is 1.76 bits per heavy atom. The fraction of sp³-hybridized carbons (Fsp3) is 0.143. The molecule has 1 aliphatic rings. The molecule has 1 atom stereocenters. The number of carbonyl (C=O) groups is 3. The van der Waals surface area contributed by atoms with Gasteiger partial charge in [-0.2, -0.15) is 5.26 Å². The minimum Gasteiger partial charge on any atom is -0.462 e. The maximum Gasteiger partial charge on any atom is 0.338 e. The molecule has 0 bridgehead atoms. The molecule has 0 aromatic heterocycles. The summed E-state index contributed by atoms with van der Waals surface area (Å²) in [4.78, 5) is 40.1. The predicted octanol–water partition coefficient (Wildman–Crippen LogP) is 6.24. The van der Waals surface area contributed by atoms with Crippen LogP contribution >= 0.6 is 35.0 Å². The van der Waals surface area contributed by atoms with Crippen LogP contribution in [0.2, 0.25) is 10.0 Å². The molecular formula is C28H21Cl2N3O4S. The Morgan fingerprint density at radius 3 is 2.39 bits per heavy atom. The summed E-state index contributed by atoms with van der Waals surface area (Å²) in [7, 11) is 0. The predicted molar refractivity (Wildman–Crippen MR) is 149 cm³/mol. The number of para-hydroxylation sites is 1. The first-order valence-electron chi connectivity index (χ1n) is 11.5. The van der Waals surface area contributed by atoms with Gasteiger partial charge in [0.15, 0.2) is 0 Å². The van der Waals surface area contributed by atoms with Gasteiger partial charge in [-0.1, -0.05) is 65.3 Å². The highest BCUT2D eigenvalue weighted by Gasteiger charge is 2.40. The SMILES string of the molecule is CCOC(=O)c1ccc(CC2SC(=C(C#N)C(=O)Nc3ccc(Cl)c(Cl)c3)N(c3ccccc3)C2=O)cc1. The number of carbonyl (C=O) groups excluding carboxylic acids is 3. The average Bonchev–Trinajstić information content (AvgIpc) is 3.22. The molecule has 38 heavy (non-hydrogen) atoms. The van der Waals surface area contributed by atoms with E-state index in [1.54, 1.807) is 61.5 Å². The monoisotopic (exact) mass is 565 g/mol. The lowest BCUT2D eigenvalue weighted by atomic mass is 10.1. The number of rotatable bonds is 7. The van der Waals surface area contributed by atoms with Gasteiger partial charge in [0.25, 0.3) is 5.91 Å². The molecule has 2 amide bonds. The van der Waals surface area contributed by atoms with Crippen molar-refractivity contribution in [3.05, 3.63) is 105 Å². The lowest BCUT2D eigenvalue weighted by molar-refractivity contribution is -0.117. The van der Waals surface area contributed by atoms with Crippen LogP contribution in [0.25, 0.3) is 0 Å². The fourth-order valence-corrected chi connectivity index (χ4v) is 5.38. The second-order valence-corrected chi connectivity index (χ2v) is 10.1. The van der Waals surface area contributed by atoms with Crippen LogP contribution in [0, 0.1) is 11.3 Å². The average molecular weight is 566 g/mol. The van der Waals surface area contributed by atoms with Gasteiger partial charge in [0, 0.05) is 11.4 Å². The number of nitrogens with zero attached hydrogens (tertiary/aromatic N) is 2. The van der Waals surface area contributed by atoms with Crippen molar-refractivity contribution in [2.45, 2.75) is 18.6 Å². The van der Waals surface area contributed by atoms with Gasteiger partial charge in [-0.15, -0.1) is 0 Å². The quantitative estimate of drug-likeness (QED) is 0.207. The number of esters is 1. The lowest BCUT2D eigenvalue weighted by Crippen LogP contribution is -2.30. The van der Waals surface area contributed by atoms with Gasteiger partial charge >= 0.3 is 5.97 Å². The lowest BCUT2D eigenvalue weighted by Gasteiger charge is -2.18. The first-order chi connectivity index (χ1) is 18.3. The molecule has 1 N–H and O–H groups in total. The molecule has 10 heteroatoms. The summed E-state index contributed by atoms with van der Waals surface area (Å²) in [6.07, 6.45) is 0.326. The fourth-order valence-electron chi connectivity index (χ4n) is 3.77. The Balaban J connectivity index is 1.65. The molecule has 1 saturated heterocycles. The Kier molecular flexibility index (Phi) is 8.74. The topological polar surface area (TPSA) is 99.5 Å². The van der Waals surface area contributed by atoms with Crippen molar-refractivity contribution in [1.29, 1.82) is 5.26 Å². The van der Waals surface area contributed by atoms with E-state index >= 15 is 0 Å². The first-order valence-corrected chi connectivity index (χ1v) is 13.2. The molecule has 0 saturated carbocycles. The Hall–Kier alpha value is -3.77. The molecule has 3 aromatic rings. The van der Waals surface area contributed by atoms with Crippen LogP contribution in [-0.4, -0.2) is 29.6 Å². The Morgan fingerprint density at radius 1 is 1.05 bits per heavy atom. The molecule has 1 heterocycles. The molecule has 7 nitrogen and oxygen atoms in total. The van der Waals surface area contributed by atoms with Gasteiger partial charge in [-0.05, 0) is 61.4 Å². The number of thioether (sulfide) groups is 1. The van der Waals surface area contributed by atoms with Gasteiger partial charge in [0.2, 0.25) is 5.91 Å². The smallest absolute Gasteiger partial charge is 0.338 e. The van der Waals surface area contributed by atoms with Crippen molar-refractivity contribution in [3.8, 4) is 6.07 Å². The van der Waals surface area contributed by atoms with Gasteiger partial charge in [-0.3, -0.25) is 14.5 Å². The zero-order chi connectivity index (χ0) is 27.2. The molecular weight excluding hydrogens is 545 g/mol. The molecule has 4 rings (SSSR count). The van der Waals surface area contributed by atoms with Crippen LogP contribution in [0.1, 0.15) is 22.8 Å². The molecule has 192 valence electrons. The molecule has 0 aliphatic carbocycles. The zero-order valence-electron chi connectivity index (χ0n) is 20.1. The standard InChI is InChI=1S/C28H21Cl2N3O4S/c1-2-37-28(36)18-10-8-17(9-11-18)14-24-26(35)33(20-6-4-3-5-7-20)27(38-24)21(16-31)25(34)32-19-12-13-22(29)23(30)15-19/h3-13,15,24H,2,14H2,1H3,(H,32,34). The van der Waals surface area contributed by atoms with E-state index in [1.165, 1.54) is 17.0 Å². The number of halogens is 2. The normalized spacial score (nSPS) is 16.1. The van der Waals surface area contributed by atoms with Gasteiger partial charge in [0.05, 0.1) is 27.5 Å². The summed E-state index contributed by atoms with van der Waals surface area (Å²) in [5.41, 5.74) is 1.92. The van der Waals surface area contributed by atoms with Crippen LogP contribution in [0.4, 0.5) is 11.4 Å². The van der Waals surface area contributed by atoms with E-state index in [0.717, 1.165) is 17.3 Å². The summed E-state index contributed by atoms with van der Waals surface area (Å²) in [5.74, 6) is -1.36. The highest BCUT2D eigenvalue weighted by Crippen LogP contribution is 2.42. The molecule has 1 unspecified atom stereocenters. The van der Waals surface area contributed by atoms with Crippen LogP contribution in [0.5, 0.6) is 0 Å². The van der Waals surface area contributed by atoms with Gasteiger partial charge < -0.3 is 10.1 Å². The van der Waals surface area contributed by atoms with E-state index in [-0.39, 0.29) is 28.1 Å². The van der Waals surface area contributed by atoms with E-state index in [9.17, 15) is 19.6 Å². The number of anilines is 2. The second kappa shape index (κ2) is 12.2. The van der Waals surface area contributed by atoms with Crippen LogP contribution in [0.15, 0.2) is 83.4 Å². The van der Waals surface area contributed by atoms with E-state index in [2.05, 4.69) is 5.32 Å². The van der Waals surface area contributed by atoms with Gasteiger partial charge in [0.1, 0.15) is 16.7 Å². The first kappa shape index (κ1) is 27.3. The number of ether oxygens (including phenoxy) is 1. The molecule has 1 fully saturated rings. The number of amides is 2. The molecule has 0 spiro atoms. The third-order valence-electron chi connectivity index (χ3n) is 5.58. The van der Waals surface area contributed by atoms with E-state index in [0.29, 0.717) is 28.4 Å². The van der Waals surface area contributed by atoms with E-state index < -0.39 is 17.1 Å².